The molecule has 0 saturated heterocycles. The van der Waals surface area contributed by atoms with Crippen LogP contribution in [0.5, 0.6) is 0 Å². The lowest BCUT2D eigenvalue weighted by molar-refractivity contribution is 0.294. The Hall–Kier alpha value is 0.924. The highest BCUT2D eigenvalue weighted by molar-refractivity contribution is 6.91. The average Bonchev–Trinajstić information content (AvgIpc) is 2.19. The van der Waals surface area contributed by atoms with Crippen molar-refractivity contribution in [2.24, 2.45) is 0 Å². The molecule has 0 spiro atoms. The van der Waals surface area contributed by atoms with Crippen LogP contribution >= 0.6 is 0 Å². The summed E-state index contributed by atoms with van der Waals surface area (Å²) >= 11 is 0. The maximum atomic E-state index is 6.66. The van der Waals surface area contributed by atoms with E-state index in [1.54, 1.807) is 0 Å². The van der Waals surface area contributed by atoms with E-state index < -0.39 is 42.3 Å². The van der Waals surface area contributed by atoms with Gasteiger partial charge in [-0.1, -0.05) is 27.7 Å². The molecule has 0 aromatic heterocycles. The second-order valence-corrected chi connectivity index (χ2v) is 30.9. The molecule has 0 atom stereocenters. The molecule has 0 fully saturated rings. The first-order valence-corrected chi connectivity index (χ1v) is 23.9. The molecule has 0 aromatic rings. The third-order valence-corrected chi connectivity index (χ3v) is 26.0. The van der Waals surface area contributed by atoms with Gasteiger partial charge in [0.15, 0.2) is 16.6 Å². The fourth-order valence-electron chi connectivity index (χ4n) is 2.75. The van der Waals surface area contributed by atoms with Gasteiger partial charge in [0.25, 0.3) is 0 Å². The van der Waals surface area contributed by atoms with Gasteiger partial charge in [-0.25, -0.2) is 0 Å². The van der Waals surface area contributed by atoms with Crippen molar-refractivity contribution < 1.29 is 16.5 Å². The molecule has 0 aromatic carbocycles. The zero-order valence-electron chi connectivity index (χ0n) is 19.3. The molecule has 0 aliphatic rings. The minimum absolute atomic E-state index is 0.182. The molecule has 0 aliphatic heterocycles. The Morgan fingerprint density at radius 2 is 0.880 bits per heavy atom. The first kappa shape index (κ1) is 25.9. The van der Waals surface area contributed by atoms with E-state index in [0.717, 1.165) is 6.04 Å². The molecular formula is C16H44O4Si5. The molecule has 0 amide bonds. The van der Waals surface area contributed by atoms with Crippen LogP contribution in [0.4, 0.5) is 0 Å². The van der Waals surface area contributed by atoms with Crippen molar-refractivity contribution in [3.63, 3.8) is 0 Å². The first-order chi connectivity index (χ1) is 10.6. The third kappa shape index (κ3) is 9.61. The summed E-state index contributed by atoms with van der Waals surface area (Å²) in [5.41, 5.74) is 0. The normalized spacial score (nSPS) is 15.6. The molecule has 0 radical (unpaired) electrons. The lowest BCUT2D eigenvalue weighted by atomic mass is 10.2. The van der Waals surface area contributed by atoms with E-state index in [2.05, 4.69) is 93.2 Å². The molecule has 0 saturated carbocycles. The Kier molecular flexibility index (Phi) is 8.42. The molecule has 0 aliphatic carbocycles. The molecule has 152 valence electrons. The summed E-state index contributed by atoms with van der Waals surface area (Å²) < 4.78 is 26.2. The summed E-state index contributed by atoms with van der Waals surface area (Å²) in [6.45, 7) is 31.0. The van der Waals surface area contributed by atoms with Crippen LogP contribution in [0.15, 0.2) is 0 Å². The molecule has 0 unspecified atom stereocenters. The minimum atomic E-state index is -2.33. The van der Waals surface area contributed by atoms with Crippen molar-refractivity contribution in [2.75, 3.05) is 0 Å². The van der Waals surface area contributed by atoms with Gasteiger partial charge in [0, 0.05) is 0 Å². The van der Waals surface area contributed by atoms with Crippen LogP contribution in [0.3, 0.4) is 0 Å². The van der Waals surface area contributed by atoms with E-state index in [4.69, 9.17) is 16.5 Å². The zero-order valence-corrected chi connectivity index (χ0v) is 24.3. The number of rotatable bonds is 9. The van der Waals surface area contributed by atoms with Crippen LogP contribution in [0, 0.1) is 0 Å². The standard InChI is InChI=1S/C16H44O4Si5/c1-15-21(5,6)17-23(9,10)19-25(13,14)20-24(11,12)18-22(7,8)16(2,3)4/h15H2,1-14H3. The van der Waals surface area contributed by atoms with Crippen LogP contribution in [0.2, 0.25) is 76.6 Å². The number of hydrogen-bond acceptors (Lipinski definition) is 4. The van der Waals surface area contributed by atoms with Crippen LogP contribution in [-0.4, -0.2) is 42.3 Å². The predicted octanol–water partition coefficient (Wildman–Crippen LogP) is 6.39. The second-order valence-electron chi connectivity index (χ2n) is 10.5. The van der Waals surface area contributed by atoms with E-state index in [1.807, 2.05) is 0 Å². The van der Waals surface area contributed by atoms with E-state index in [-0.39, 0.29) is 5.04 Å². The minimum Gasteiger partial charge on any atom is -0.436 e. The summed E-state index contributed by atoms with van der Waals surface area (Å²) in [5.74, 6) is 0. The topological polar surface area (TPSA) is 36.9 Å². The molecule has 9 heteroatoms. The molecule has 0 bridgehead atoms. The van der Waals surface area contributed by atoms with Gasteiger partial charge in [0.2, 0.25) is 0 Å². The van der Waals surface area contributed by atoms with E-state index in [0.29, 0.717) is 0 Å². The van der Waals surface area contributed by atoms with Crippen LogP contribution in [0.1, 0.15) is 27.7 Å². The van der Waals surface area contributed by atoms with E-state index in [9.17, 15) is 0 Å². The van der Waals surface area contributed by atoms with Gasteiger partial charge < -0.3 is 16.5 Å². The molecule has 25 heavy (non-hydrogen) atoms. The molecule has 0 heterocycles. The molecule has 0 N–H and O–H groups in total. The van der Waals surface area contributed by atoms with Crippen LogP contribution in [-0.2, 0) is 16.5 Å². The average molecular weight is 441 g/mol. The van der Waals surface area contributed by atoms with Crippen molar-refractivity contribution in [3.05, 3.63) is 0 Å². The Balaban J connectivity index is 5.11. The van der Waals surface area contributed by atoms with Crippen molar-refractivity contribution >= 4 is 42.3 Å². The smallest absolute Gasteiger partial charge is 0.314 e. The van der Waals surface area contributed by atoms with E-state index >= 15 is 0 Å². The second kappa shape index (κ2) is 8.12. The van der Waals surface area contributed by atoms with Crippen molar-refractivity contribution in [3.8, 4) is 0 Å². The highest BCUT2D eigenvalue weighted by Gasteiger charge is 2.47. The molecule has 0 rings (SSSR count). The summed E-state index contributed by atoms with van der Waals surface area (Å²) in [4.78, 5) is 0. The maximum absolute atomic E-state index is 6.66. The number of hydrogen-bond donors (Lipinski definition) is 0. The van der Waals surface area contributed by atoms with Gasteiger partial charge in [0.1, 0.15) is 0 Å². The molecule has 4 nitrogen and oxygen atoms in total. The van der Waals surface area contributed by atoms with E-state index in [1.165, 1.54) is 0 Å². The predicted molar refractivity (Wildman–Crippen MR) is 122 cm³/mol. The lowest BCUT2D eigenvalue weighted by Gasteiger charge is -2.45. The quantitative estimate of drug-likeness (QED) is 0.389. The van der Waals surface area contributed by atoms with Gasteiger partial charge in [-0.2, -0.15) is 0 Å². The summed E-state index contributed by atoms with van der Waals surface area (Å²) in [6.07, 6.45) is 0. The van der Waals surface area contributed by atoms with Gasteiger partial charge in [-0.05, 0) is 76.6 Å². The monoisotopic (exact) mass is 440 g/mol. The van der Waals surface area contributed by atoms with Gasteiger partial charge in [-0.15, -0.1) is 0 Å². The summed E-state index contributed by atoms with van der Waals surface area (Å²) in [6, 6.07) is 1.10. The highest BCUT2D eigenvalue weighted by Crippen LogP contribution is 2.39. The molecular weight excluding hydrogens is 397 g/mol. The Labute approximate surface area is 163 Å². The Morgan fingerprint density at radius 3 is 1.20 bits per heavy atom. The van der Waals surface area contributed by atoms with Gasteiger partial charge >= 0.3 is 25.7 Å². The Bertz CT molecular complexity index is 442. The van der Waals surface area contributed by atoms with Gasteiger partial charge in [-0.3, -0.25) is 0 Å². The van der Waals surface area contributed by atoms with Crippen molar-refractivity contribution in [1.29, 1.82) is 0 Å². The maximum Gasteiger partial charge on any atom is 0.314 e. The third-order valence-electron chi connectivity index (χ3n) is 4.66. The van der Waals surface area contributed by atoms with Crippen LogP contribution < -0.4 is 0 Å². The summed E-state index contributed by atoms with van der Waals surface area (Å²) in [7, 11) is -10.3. The largest absolute Gasteiger partial charge is 0.436 e. The zero-order chi connectivity index (χ0) is 20.5. The Morgan fingerprint density at radius 1 is 0.560 bits per heavy atom. The fraction of sp³-hybridized carbons (Fsp3) is 1.00. The van der Waals surface area contributed by atoms with Crippen molar-refractivity contribution in [2.45, 2.75) is 104 Å². The van der Waals surface area contributed by atoms with Gasteiger partial charge in [0.05, 0.1) is 0 Å². The SMILES string of the molecule is CC[Si](C)(C)O[Si](C)(C)O[Si](C)(C)O[Si](C)(C)O[Si](C)(C)C(C)(C)C. The fourth-order valence-corrected chi connectivity index (χ4v) is 25.9. The summed E-state index contributed by atoms with van der Waals surface area (Å²) in [5, 5.41) is 0.182. The van der Waals surface area contributed by atoms with Crippen molar-refractivity contribution in [1.82, 2.24) is 0 Å². The van der Waals surface area contributed by atoms with Crippen LogP contribution in [0.25, 0.3) is 0 Å². The highest BCUT2D eigenvalue weighted by atomic mass is 28.5. The lowest BCUT2D eigenvalue weighted by Crippen LogP contribution is -2.59. The first-order valence-electron chi connectivity index (χ1n) is 9.44.